The fraction of sp³-hybridized carbons (Fsp3) is 0.588. The van der Waals surface area contributed by atoms with Crippen LogP contribution in [0.4, 0.5) is 10.5 Å². The van der Waals surface area contributed by atoms with E-state index >= 15 is 0 Å². The number of nitrogens with zero attached hydrogens (tertiary/aromatic N) is 1. The molecule has 1 aliphatic rings. The van der Waals surface area contributed by atoms with Crippen LogP contribution < -0.4 is 11.1 Å². The molecule has 1 atom stereocenters. The molecule has 116 valence electrons. The molecule has 0 bridgehead atoms. The number of carbonyl (C=O) groups excluding carboxylic acids is 1. The summed E-state index contributed by atoms with van der Waals surface area (Å²) in [7, 11) is 1.81. The van der Waals surface area contributed by atoms with Crippen LogP contribution in [0.15, 0.2) is 18.2 Å². The Labute approximate surface area is 127 Å². The molecule has 0 fully saturated rings. The number of anilines is 1. The van der Waals surface area contributed by atoms with E-state index in [1.807, 2.05) is 13.1 Å². The molecule has 2 amide bonds. The lowest BCUT2D eigenvalue weighted by atomic mass is 9.86. The second-order valence-electron chi connectivity index (χ2n) is 6.07. The molecule has 0 radical (unpaired) electrons. The predicted octanol–water partition coefficient (Wildman–Crippen LogP) is 3.88. The number of fused-ring (bicyclic) bond motifs is 1. The summed E-state index contributed by atoms with van der Waals surface area (Å²) < 4.78 is 0. The smallest absolute Gasteiger partial charge is 0.321 e. The number of carbonyl (C=O) groups is 1. The van der Waals surface area contributed by atoms with E-state index in [0.29, 0.717) is 12.5 Å². The molecule has 4 nitrogen and oxygen atoms in total. The van der Waals surface area contributed by atoms with E-state index < -0.39 is 0 Å². The molecule has 0 aliphatic carbocycles. The Morgan fingerprint density at radius 1 is 1.29 bits per heavy atom. The Morgan fingerprint density at radius 2 is 1.95 bits per heavy atom. The molecular weight excluding hydrogens is 262 g/mol. The average molecular weight is 289 g/mol. The van der Waals surface area contributed by atoms with E-state index in [1.54, 1.807) is 4.90 Å². The lowest BCUT2D eigenvalue weighted by Crippen LogP contribution is -2.35. The average Bonchev–Trinajstić information content (AvgIpc) is 2.47. The highest BCUT2D eigenvalue weighted by Gasteiger charge is 2.22. The zero-order valence-corrected chi connectivity index (χ0v) is 13.4. The number of hydrogen-bond acceptors (Lipinski definition) is 2. The number of benzene rings is 1. The maximum Gasteiger partial charge on any atom is 0.321 e. The Kier molecular flexibility index (Phi) is 5.23. The minimum atomic E-state index is -0.0469. The fourth-order valence-corrected chi connectivity index (χ4v) is 3.13. The number of hydrogen-bond donors (Lipinski definition) is 2. The molecule has 0 aromatic heterocycles. The van der Waals surface area contributed by atoms with Gasteiger partial charge in [-0.1, -0.05) is 38.8 Å². The Balaban J connectivity index is 2.20. The first-order valence-corrected chi connectivity index (χ1v) is 7.97. The molecule has 0 saturated carbocycles. The second-order valence-corrected chi connectivity index (χ2v) is 6.07. The highest BCUT2D eigenvalue weighted by atomic mass is 16.2. The monoisotopic (exact) mass is 289 g/mol. The Bertz CT molecular complexity index is 495. The first kappa shape index (κ1) is 15.8. The van der Waals surface area contributed by atoms with Crippen molar-refractivity contribution in [2.75, 3.05) is 12.4 Å². The zero-order chi connectivity index (χ0) is 15.4. The van der Waals surface area contributed by atoms with Crippen LogP contribution in [0.2, 0.25) is 0 Å². The van der Waals surface area contributed by atoms with Crippen molar-refractivity contribution in [3.63, 3.8) is 0 Å². The van der Waals surface area contributed by atoms with E-state index in [4.69, 9.17) is 5.73 Å². The summed E-state index contributed by atoms with van der Waals surface area (Å²) in [6.45, 7) is 5.08. The van der Waals surface area contributed by atoms with E-state index in [0.717, 1.165) is 11.3 Å². The number of rotatable bonds is 6. The Morgan fingerprint density at radius 3 is 2.57 bits per heavy atom. The molecular formula is C17H27N3O. The van der Waals surface area contributed by atoms with Gasteiger partial charge in [-0.15, -0.1) is 0 Å². The molecule has 0 spiro atoms. The normalized spacial score (nSPS) is 15.9. The van der Waals surface area contributed by atoms with Gasteiger partial charge < -0.3 is 16.0 Å². The van der Waals surface area contributed by atoms with Gasteiger partial charge in [0.15, 0.2) is 0 Å². The van der Waals surface area contributed by atoms with Gasteiger partial charge in [0.25, 0.3) is 0 Å². The number of urea groups is 1. The summed E-state index contributed by atoms with van der Waals surface area (Å²) in [6.07, 6.45) is 4.68. The minimum Gasteiger partial charge on any atom is -0.324 e. The number of nitrogens with two attached hydrogens (primary N) is 1. The molecule has 1 aliphatic heterocycles. The van der Waals surface area contributed by atoms with Gasteiger partial charge >= 0.3 is 6.03 Å². The third kappa shape index (κ3) is 3.56. The van der Waals surface area contributed by atoms with Crippen LogP contribution in [0, 0.1) is 5.92 Å². The van der Waals surface area contributed by atoms with Gasteiger partial charge in [0.05, 0.1) is 0 Å². The van der Waals surface area contributed by atoms with Crippen LogP contribution in [0.3, 0.4) is 0 Å². The summed E-state index contributed by atoms with van der Waals surface area (Å²) in [4.78, 5) is 13.3. The minimum absolute atomic E-state index is 0.0469. The van der Waals surface area contributed by atoms with Gasteiger partial charge in [-0.25, -0.2) is 4.79 Å². The van der Waals surface area contributed by atoms with E-state index in [1.165, 1.54) is 31.2 Å². The maximum atomic E-state index is 11.6. The van der Waals surface area contributed by atoms with Crippen molar-refractivity contribution in [2.45, 2.75) is 52.1 Å². The fourth-order valence-electron chi connectivity index (χ4n) is 3.13. The number of amides is 2. The Hall–Kier alpha value is -1.55. The van der Waals surface area contributed by atoms with Gasteiger partial charge in [0.2, 0.25) is 0 Å². The van der Waals surface area contributed by atoms with E-state index in [-0.39, 0.29) is 12.1 Å². The number of nitrogens with one attached hydrogen (secondary N) is 1. The SMILES string of the molecule is CCCC(CCC)C(N)c1ccc2c(c1)CN(C)C(=O)N2. The molecule has 3 N–H and O–H groups in total. The highest BCUT2D eigenvalue weighted by molar-refractivity contribution is 5.92. The summed E-state index contributed by atoms with van der Waals surface area (Å²) in [5, 5.41) is 2.90. The van der Waals surface area contributed by atoms with Gasteiger partial charge in [-0.3, -0.25) is 0 Å². The van der Waals surface area contributed by atoms with Gasteiger partial charge in [-0.05, 0) is 36.0 Å². The maximum absolute atomic E-state index is 11.6. The highest BCUT2D eigenvalue weighted by Crippen LogP contribution is 2.31. The standard InChI is InChI=1S/C17H27N3O/c1-4-6-12(7-5-2)16(18)13-8-9-15-14(10-13)11-20(3)17(21)19-15/h8-10,12,16H,4-7,11,18H2,1-3H3,(H,19,21). The molecule has 1 aromatic rings. The molecule has 0 saturated heterocycles. The summed E-state index contributed by atoms with van der Waals surface area (Å²) >= 11 is 0. The van der Waals surface area contributed by atoms with Crippen LogP contribution in [0.1, 0.15) is 56.7 Å². The molecule has 1 aromatic carbocycles. The van der Waals surface area contributed by atoms with Gasteiger partial charge in [0, 0.05) is 25.3 Å². The van der Waals surface area contributed by atoms with Crippen molar-refractivity contribution in [3.05, 3.63) is 29.3 Å². The van der Waals surface area contributed by atoms with Crippen molar-refractivity contribution in [1.29, 1.82) is 0 Å². The molecule has 1 unspecified atom stereocenters. The van der Waals surface area contributed by atoms with Crippen LogP contribution >= 0.6 is 0 Å². The van der Waals surface area contributed by atoms with Gasteiger partial charge in [0.1, 0.15) is 0 Å². The lowest BCUT2D eigenvalue weighted by Gasteiger charge is -2.28. The largest absolute Gasteiger partial charge is 0.324 e. The second kappa shape index (κ2) is 6.94. The van der Waals surface area contributed by atoms with Crippen molar-refractivity contribution in [2.24, 2.45) is 11.7 Å². The van der Waals surface area contributed by atoms with E-state index in [2.05, 4.69) is 31.3 Å². The van der Waals surface area contributed by atoms with Crippen LogP contribution in [0.25, 0.3) is 0 Å². The van der Waals surface area contributed by atoms with Crippen LogP contribution in [0.5, 0.6) is 0 Å². The van der Waals surface area contributed by atoms with Crippen molar-refractivity contribution >= 4 is 11.7 Å². The summed E-state index contributed by atoms with van der Waals surface area (Å²) in [5.41, 5.74) is 9.75. The first-order valence-electron chi connectivity index (χ1n) is 7.97. The molecule has 21 heavy (non-hydrogen) atoms. The predicted molar refractivity (Wildman–Crippen MR) is 87.2 cm³/mol. The van der Waals surface area contributed by atoms with E-state index in [9.17, 15) is 4.79 Å². The van der Waals surface area contributed by atoms with Crippen LogP contribution in [-0.4, -0.2) is 18.0 Å². The zero-order valence-electron chi connectivity index (χ0n) is 13.4. The van der Waals surface area contributed by atoms with Crippen molar-refractivity contribution in [3.8, 4) is 0 Å². The first-order chi connectivity index (χ1) is 10.1. The summed E-state index contributed by atoms with van der Waals surface area (Å²) in [6, 6.07) is 6.25. The summed E-state index contributed by atoms with van der Waals surface area (Å²) in [5.74, 6) is 0.536. The molecule has 4 heteroatoms. The quantitative estimate of drug-likeness (QED) is 0.835. The van der Waals surface area contributed by atoms with Crippen molar-refractivity contribution in [1.82, 2.24) is 4.90 Å². The topological polar surface area (TPSA) is 58.4 Å². The lowest BCUT2D eigenvalue weighted by molar-refractivity contribution is 0.218. The molecule has 2 rings (SSSR count). The third-order valence-corrected chi connectivity index (χ3v) is 4.34. The third-order valence-electron chi connectivity index (χ3n) is 4.34. The molecule has 1 heterocycles. The van der Waals surface area contributed by atoms with Gasteiger partial charge in [-0.2, -0.15) is 0 Å². The van der Waals surface area contributed by atoms with Crippen LogP contribution in [-0.2, 0) is 6.54 Å². The van der Waals surface area contributed by atoms with Crippen molar-refractivity contribution < 1.29 is 4.79 Å².